The lowest BCUT2D eigenvalue weighted by atomic mass is 9.87. The molecule has 0 aliphatic rings. The van der Waals surface area contributed by atoms with Gasteiger partial charge in [-0.25, -0.2) is 5.43 Å². The monoisotopic (exact) mass is 445 g/mol. The van der Waals surface area contributed by atoms with Crippen LogP contribution in [0, 0.1) is 0 Å². The van der Waals surface area contributed by atoms with Gasteiger partial charge in [-0.15, -0.1) is 11.8 Å². The van der Waals surface area contributed by atoms with Crippen LogP contribution in [0.3, 0.4) is 0 Å². The van der Waals surface area contributed by atoms with Gasteiger partial charge in [-0.3, -0.25) is 9.59 Å². The highest BCUT2D eigenvalue weighted by Gasteiger charge is 2.14. The topological polar surface area (TPSA) is 70.6 Å². The van der Waals surface area contributed by atoms with Crippen molar-refractivity contribution in [3.63, 3.8) is 0 Å². The molecule has 164 valence electrons. The SMILES string of the molecule is CSc1ccc(C=NNC(=O)c2ccc(NC(=O)c3ccc(C(C)(C)C)cc3)cc2)cc1. The van der Waals surface area contributed by atoms with Crippen LogP contribution < -0.4 is 10.7 Å². The van der Waals surface area contributed by atoms with E-state index >= 15 is 0 Å². The Hall–Kier alpha value is -3.38. The van der Waals surface area contributed by atoms with Crippen LogP contribution in [0.4, 0.5) is 5.69 Å². The van der Waals surface area contributed by atoms with Crippen LogP contribution in [0.25, 0.3) is 0 Å². The Kier molecular flexibility index (Phi) is 7.49. The van der Waals surface area contributed by atoms with Crippen molar-refractivity contribution >= 4 is 35.5 Å². The van der Waals surface area contributed by atoms with Gasteiger partial charge < -0.3 is 5.32 Å². The Morgan fingerprint density at radius 2 is 1.38 bits per heavy atom. The molecule has 5 nitrogen and oxygen atoms in total. The van der Waals surface area contributed by atoms with Crippen molar-refractivity contribution < 1.29 is 9.59 Å². The van der Waals surface area contributed by atoms with E-state index in [0.717, 1.165) is 5.56 Å². The smallest absolute Gasteiger partial charge is 0.271 e. The first-order valence-corrected chi connectivity index (χ1v) is 11.5. The van der Waals surface area contributed by atoms with E-state index in [1.54, 1.807) is 42.2 Å². The third-order valence-corrected chi connectivity index (χ3v) is 5.66. The molecule has 0 spiro atoms. The van der Waals surface area contributed by atoms with Crippen LogP contribution in [-0.2, 0) is 5.41 Å². The molecule has 0 saturated carbocycles. The fourth-order valence-electron chi connectivity index (χ4n) is 2.95. The summed E-state index contributed by atoms with van der Waals surface area (Å²) in [6, 6.07) is 22.2. The van der Waals surface area contributed by atoms with Crippen LogP contribution >= 0.6 is 11.8 Å². The molecule has 32 heavy (non-hydrogen) atoms. The summed E-state index contributed by atoms with van der Waals surface area (Å²) in [6.45, 7) is 6.40. The molecule has 0 unspecified atom stereocenters. The Morgan fingerprint density at radius 3 is 1.94 bits per heavy atom. The second-order valence-electron chi connectivity index (χ2n) is 8.33. The minimum Gasteiger partial charge on any atom is -0.322 e. The lowest BCUT2D eigenvalue weighted by molar-refractivity contribution is 0.0954. The molecule has 3 aromatic carbocycles. The number of nitrogens with zero attached hydrogens (tertiary/aromatic N) is 1. The molecule has 6 heteroatoms. The first-order valence-electron chi connectivity index (χ1n) is 10.3. The number of anilines is 1. The minimum absolute atomic E-state index is 0.0360. The van der Waals surface area contributed by atoms with Crippen molar-refractivity contribution in [1.29, 1.82) is 0 Å². The number of nitrogens with one attached hydrogen (secondary N) is 2. The number of benzene rings is 3. The van der Waals surface area contributed by atoms with E-state index in [2.05, 4.69) is 36.6 Å². The average Bonchev–Trinajstić information content (AvgIpc) is 2.79. The van der Waals surface area contributed by atoms with E-state index in [1.807, 2.05) is 54.8 Å². The Labute approximate surface area is 193 Å². The van der Waals surface area contributed by atoms with Crippen molar-refractivity contribution in [3.8, 4) is 0 Å². The molecule has 0 aromatic heterocycles. The molecular weight excluding hydrogens is 418 g/mol. The molecular formula is C26H27N3O2S. The predicted octanol–water partition coefficient (Wildman–Crippen LogP) is 5.72. The normalized spacial score (nSPS) is 11.4. The molecule has 0 bridgehead atoms. The molecule has 2 amide bonds. The Morgan fingerprint density at radius 1 is 0.812 bits per heavy atom. The van der Waals surface area contributed by atoms with Gasteiger partial charge in [-0.1, -0.05) is 45.0 Å². The van der Waals surface area contributed by atoms with Gasteiger partial charge in [0.1, 0.15) is 0 Å². The zero-order valence-electron chi connectivity index (χ0n) is 18.7. The van der Waals surface area contributed by atoms with Gasteiger partial charge in [0.2, 0.25) is 0 Å². The molecule has 0 saturated heterocycles. The summed E-state index contributed by atoms with van der Waals surface area (Å²) in [5, 5.41) is 6.86. The quantitative estimate of drug-likeness (QED) is 0.289. The number of carbonyl (C=O) groups is 2. The van der Waals surface area contributed by atoms with Crippen LogP contribution in [0.1, 0.15) is 52.6 Å². The van der Waals surface area contributed by atoms with Gasteiger partial charge >= 0.3 is 0 Å². The number of amides is 2. The van der Waals surface area contributed by atoms with E-state index in [0.29, 0.717) is 16.8 Å². The molecule has 3 aromatic rings. The maximum atomic E-state index is 12.5. The van der Waals surface area contributed by atoms with Crippen LogP contribution in [0.15, 0.2) is 82.8 Å². The maximum absolute atomic E-state index is 12.5. The van der Waals surface area contributed by atoms with Crippen molar-refractivity contribution in [2.75, 3.05) is 11.6 Å². The van der Waals surface area contributed by atoms with Crippen LogP contribution in [0.2, 0.25) is 0 Å². The highest BCUT2D eigenvalue weighted by molar-refractivity contribution is 7.98. The molecule has 0 fully saturated rings. The van der Waals surface area contributed by atoms with Gasteiger partial charge in [0, 0.05) is 21.7 Å². The van der Waals surface area contributed by atoms with Gasteiger partial charge in [0.05, 0.1) is 6.21 Å². The zero-order valence-corrected chi connectivity index (χ0v) is 19.5. The summed E-state index contributed by atoms with van der Waals surface area (Å²) in [5.74, 6) is -0.516. The molecule has 0 atom stereocenters. The van der Waals surface area contributed by atoms with E-state index in [9.17, 15) is 9.59 Å². The Bertz CT molecular complexity index is 1100. The number of rotatable bonds is 6. The second kappa shape index (κ2) is 10.3. The molecule has 2 N–H and O–H groups in total. The van der Waals surface area contributed by atoms with Crippen molar-refractivity contribution in [2.24, 2.45) is 5.10 Å². The average molecular weight is 446 g/mol. The minimum atomic E-state index is -0.322. The summed E-state index contributed by atoms with van der Waals surface area (Å²) in [5.41, 5.74) is 6.27. The summed E-state index contributed by atoms with van der Waals surface area (Å²) in [4.78, 5) is 26.0. The fraction of sp³-hybridized carbons (Fsp3) is 0.192. The lowest BCUT2D eigenvalue weighted by Crippen LogP contribution is -2.18. The number of hydrogen-bond acceptors (Lipinski definition) is 4. The molecule has 3 rings (SSSR count). The van der Waals surface area contributed by atoms with Crippen molar-refractivity contribution in [3.05, 3.63) is 95.1 Å². The first kappa shape index (κ1) is 23.3. The zero-order chi connectivity index (χ0) is 23.1. The maximum Gasteiger partial charge on any atom is 0.271 e. The molecule has 0 radical (unpaired) electrons. The van der Waals surface area contributed by atoms with E-state index in [1.165, 1.54) is 10.5 Å². The van der Waals surface area contributed by atoms with Gasteiger partial charge in [0.25, 0.3) is 11.8 Å². The molecule has 0 aliphatic carbocycles. The largest absolute Gasteiger partial charge is 0.322 e. The summed E-state index contributed by atoms with van der Waals surface area (Å²) < 4.78 is 0. The Balaban J connectivity index is 1.56. The van der Waals surface area contributed by atoms with Gasteiger partial charge in [0.15, 0.2) is 0 Å². The van der Waals surface area contributed by atoms with Crippen LogP contribution in [-0.4, -0.2) is 24.3 Å². The van der Waals surface area contributed by atoms with Crippen LogP contribution in [0.5, 0.6) is 0 Å². The van der Waals surface area contributed by atoms with Gasteiger partial charge in [-0.05, 0) is 71.3 Å². The first-order chi connectivity index (χ1) is 15.3. The second-order valence-corrected chi connectivity index (χ2v) is 9.21. The highest BCUT2D eigenvalue weighted by Crippen LogP contribution is 2.22. The number of hydrogen-bond donors (Lipinski definition) is 2. The third-order valence-electron chi connectivity index (χ3n) is 4.91. The number of carbonyl (C=O) groups excluding carboxylic acids is 2. The summed E-state index contributed by atoms with van der Waals surface area (Å²) in [7, 11) is 0. The van der Waals surface area contributed by atoms with E-state index in [4.69, 9.17) is 0 Å². The van der Waals surface area contributed by atoms with Crippen molar-refractivity contribution in [2.45, 2.75) is 31.1 Å². The van der Waals surface area contributed by atoms with E-state index < -0.39 is 0 Å². The fourth-order valence-corrected chi connectivity index (χ4v) is 3.36. The lowest BCUT2D eigenvalue weighted by Gasteiger charge is -2.19. The predicted molar refractivity (Wildman–Crippen MR) is 133 cm³/mol. The standard InChI is InChI=1S/C26H27N3O2S/c1-26(2,3)21-11-7-19(8-12-21)24(30)28-22-13-9-20(10-14-22)25(31)29-27-17-18-5-15-23(32-4)16-6-18/h5-17H,1-4H3,(H,28,30)(H,29,31). The number of thioether (sulfide) groups is 1. The molecule has 0 heterocycles. The summed E-state index contributed by atoms with van der Waals surface area (Å²) in [6.07, 6.45) is 3.62. The number of hydrazone groups is 1. The van der Waals surface area contributed by atoms with E-state index in [-0.39, 0.29) is 17.2 Å². The third kappa shape index (κ3) is 6.31. The van der Waals surface area contributed by atoms with Gasteiger partial charge in [-0.2, -0.15) is 5.10 Å². The highest BCUT2D eigenvalue weighted by atomic mass is 32.2. The van der Waals surface area contributed by atoms with Crippen molar-refractivity contribution in [1.82, 2.24) is 5.43 Å². The summed E-state index contributed by atoms with van der Waals surface area (Å²) >= 11 is 1.67. The molecule has 0 aliphatic heterocycles.